The molecule has 0 spiro atoms. The Bertz CT molecular complexity index is 415. The molecule has 0 bridgehead atoms. The highest BCUT2D eigenvalue weighted by molar-refractivity contribution is 6.43. The van der Waals surface area contributed by atoms with Crippen LogP contribution >= 0.6 is 0 Å². The van der Waals surface area contributed by atoms with E-state index in [1.807, 2.05) is 0 Å². The van der Waals surface area contributed by atoms with Crippen LogP contribution in [0.1, 0.15) is 0 Å². The van der Waals surface area contributed by atoms with Crippen molar-refractivity contribution in [3.8, 4) is 0 Å². The number of primary amides is 1. The van der Waals surface area contributed by atoms with Crippen molar-refractivity contribution in [3.05, 3.63) is 36.6 Å². The summed E-state index contributed by atoms with van der Waals surface area (Å²) in [4.78, 5) is 20.6. The maximum Gasteiger partial charge on any atom is 0.267 e. The van der Waals surface area contributed by atoms with Crippen molar-refractivity contribution in [1.82, 2.24) is 4.90 Å². The number of nitrogens with zero attached hydrogens (tertiary/aromatic N) is 3. The first kappa shape index (κ1) is 8.43. The molecule has 5 nitrogen and oxygen atoms in total. The number of hydrogen-bond donors (Lipinski definition) is 1. The first-order valence-corrected chi connectivity index (χ1v) is 4.02. The Balaban J connectivity index is 2.37. The predicted octanol–water partition coefficient (Wildman–Crippen LogP) is 0.139. The Morgan fingerprint density at radius 2 is 2.29 bits per heavy atom. The van der Waals surface area contributed by atoms with E-state index >= 15 is 0 Å². The third-order valence-corrected chi connectivity index (χ3v) is 1.75. The predicted molar refractivity (Wildman–Crippen MR) is 53.3 cm³/mol. The molecule has 0 aromatic heterocycles. The van der Waals surface area contributed by atoms with E-state index in [9.17, 15) is 4.79 Å². The van der Waals surface area contributed by atoms with Crippen LogP contribution in [-0.4, -0.2) is 22.7 Å². The van der Waals surface area contributed by atoms with Gasteiger partial charge in [0.1, 0.15) is 5.71 Å². The zero-order valence-corrected chi connectivity index (χ0v) is 7.29. The molecule has 0 atom stereocenters. The van der Waals surface area contributed by atoms with Gasteiger partial charge < -0.3 is 10.6 Å². The number of allylic oxidation sites excluding steroid dienone is 1. The van der Waals surface area contributed by atoms with Gasteiger partial charge in [-0.05, 0) is 12.2 Å². The fourth-order valence-corrected chi connectivity index (χ4v) is 1.10. The largest absolute Gasteiger partial charge is 0.364 e. The number of rotatable bonds is 1. The Kier molecular flexibility index (Phi) is 1.98. The highest BCUT2D eigenvalue weighted by atomic mass is 16.1. The number of carbonyl (C=O) groups is 1. The zero-order chi connectivity index (χ0) is 9.97. The summed E-state index contributed by atoms with van der Waals surface area (Å²) in [6, 6.07) is 0. The average Bonchev–Trinajstić information content (AvgIpc) is 2.41. The Labute approximate surface area is 80.6 Å². The standard InChI is InChI=1S/C9H8N4O/c10-9(14)7-2-5-13-4-1-3-11-6-8(13)12-7/h1-6H,(H2,10,14). The summed E-state index contributed by atoms with van der Waals surface area (Å²) >= 11 is 0. The van der Waals surface area contributed by atoms with Crippen molar-refractivity contribution in [1.29, 1.82) is 0 Å². The van der Waals surface area contributed by atoms with Gasteiger partial charge in [-0.3, -0.25) is 9.79 Å². The Hall–Kier alpha value is -2.17. The van der Waals surface area contributed by atoms with Gasteiger partial charge in [-0.2, -0.15) is 0 Å². The lowest BCUT2D eigenvalue weighted by Crippen LogP contribution is -2.25. The van der Waals surface area contributed by atoms with Gasteiger partial charge in [0.2, 0.25) is 0 Å². The molecule has 0 radical (unpaired) electrons. The van der Waals surface area contributed by atoms with E-state index < -0.39 is 5.91 Å². The van der Waals surface area contributed by atoms with Gasteiger partial charge >= 0.3 is 0 Å². The molecule has 2 heterocycles. The maximum absolute atomic E-state index is 10.9. The first-order valence-electron chi connectivity index (χ1n) is 4.02. The summed E-state index contributed by atoms with van der Waals surface area (Å²) in [6.45, 7) is 0. The highest BCUT2D eigenvalue weighted by Crippen LogP contribution is 2.14. The summed E-state index contributed by atoms with van der Waals surface area (Å²) in [5.74, 6) is 0.0327. The van der Waals surface area contributed by atoms with Gasteiger partial charge in [0.25, 0.3) is 5.91 Å². The lowest BCUT2D eigenvalue weighted by Gasteiger charge is -2.18. The van der Waals surface area contributed by atoms with Crippen molar-refractivity contribution in [3.63, 3.8) is 0 Å². The second-order valence-corrected chi connectivity index (χ2v) is 2.71. The van der Waals surface area contributed by atoms with E-state index in [1.165, 1.54) is 0 Å². The van der Waals surface area contributed by atoms with E-state index in [0.717, 1.165) is 0 Å². The topological polar surface area (TPSA) is 71.0 Å². The first-order chi connectivity index (χ1) is 6.77. The SMILES string of the molecule is NC(=O)C1=NC2=CN=CC=CN2C=C1. The minimum Gasteiger partial charge on any atom is -0.364 e. The van der Waals surface area contributed by atoms with Crippen LogP contribution in [0.25, 0.3) is 0 Å². The third kappa shape index (κ3) is 1.47. The van der Waals surface area contributed by atoms with Gasteiger partial charge in [-0.1, -0.05) is 0 Å². The van der Waals surface area contributed by atoms with Crippen molar-refractivity contribution >= 4 is 17.8 Å². The number of carbonyl (C=O) groups excluding carboxylic acids is 1. The smallest absolute Gasteiger partial charge is 0.267 e. The van der Waals surface area contributed by atoms with Gasteiger partial charge in [0.15, 0.2) is 5.82 Å². The second-order valence-electron chi connectivity index (χ2n) is 2.71. The normalized spacial score (nSPS) is 18.4. The molecule has 0 aromatic carbocycles. The van der Waals surface area contributed by atoms with Crippen molar-refractivity contribution in [2.75, 3.05) is 0 Å². The molecule has 1 amide bonds. The number of fused-ring (bicyclic) bond motifs is 1. The van der Waals surface area contributed by atoms with Gasteiger partial charge in [-0.25, -0.2) is 4.99 Å². The van der Waals surface area contributed by atoms with Crippen LogP contribution in [0.3, 0.4) is 0 Å². The van der Waals surface area contributed by atoms with Gasteiger partial charge in [0.05, 0.1) is 6.20 Å². The van der Waals surface area contributed by atoms with Crippen LogP contribution in [0, 0.1) is 0 Å². The summed E-state index contributed by atoms with van der Waals surface area (Å²) in [5.41, 5.74) is 5.34. The molecule has 0 unspecified atom stereocenters. The van der Waals surface area contributed by atoms with Crippen LogP contribution in [0.15, 0.2) is 46.6 Å². The molecule has 2 aliphatic rings. The fourth-order valence-electron chi connectivity index (χ4n) is 1.10. The number of hydrogen-bond acceptors (Lipinski definition) is 4. The minimum atomic E-state index is -0.543. The molecule has 5 heteroatoms. The average molecular weight is 188 g/mol. The Morgan fingerprint density at radius 3 is 3.07 bits per heavy atom. The van der Waals surface area contributed by atoms with Crippen LogP contribution < -0.4 is 5.73 Å². The molecule has 2 rings (SSSR count). The molecule has 0 aromatic rings. The summed E-state index contributed by atoms with van der Waals surface area (Å²) in [5, 5.41) is 0. The summed E-state index contributed by atoms with van der Waals surface area (Å²) < 4.78 is 0. The van der Waals surface area contributed by atoms with E-state index in [2.05, 4.69) is 9.98 Å². The van der Waals surface area contributed by atoms with Crippen LogP contribution in [0.5, 0.6) is 0 Å². The number of aliphatic imine (C=N–C) groups is 2. The molecule has 0 saturated heterocycles. The molecule has 0 aliphatic carbocycles. The quantitative estimate of drug-likeness (QED) is 0.635. The van der Waals surface area contributed by atoms with Crippen molar-refractivity contribution in [2.24, 2.45) is 15.7 Å². The van der Waals surface area contributed by atoms with E-state index in [4.69, 9.17) is 5.73 Å². The maximum atomic E-state index is 10.9. The fraction of sp³-hybridized carbons (Fsp3) is 0. The van der Waals surface area contributed by atoms with Crippen LogP contribution in [0.4, 0.5) is 0 Å². The van der Waals surface area contributed by atoms with Crippen molar-refractivity contribution < 1.29 is 4.79 Å². The minimum absolute atomic E-state index is 0.234. The second kappa shape index (κ2) is 3.29. The molecule has 2 N–H and O–H groups in total. The van der Waals surface area contributed by atoms with Crippen LogP contribution in [-0.2, 0) is 4.79 Å². The number of nitrogens with two attached hydrogens (primary N) is 1. The lowest BCUT2D eigenvalue weighted by molar-refractivity contribution is -0.111. The van der Waals surface area contributed by atoms with Gasteiger partial charge in [-0.15, -0.1) is 0 Å². The number of amides is 1. The highest BCUT2D eigenvalue weighted by Gasteiger charge is 2.13. The lowest BCUT2D eigenvalue weighted by atomic mass is 10.3. The molecule has 14 heavy (non-hydrogen) atoms. The van der Waals surface area contributed by atoms with E-state index in [0.29, 0.717) is 5.82 Å². The van der Waals surface area contributed by atoms with Gasteiger partial charge in [0, 0.05) is 18.6 Å². The van der Waals surface area contributed by atoms with E-state index in [-0.39, 0.29) is 5.71 Å². The zero-order valence-electron chi connectivity index (χ0n) is 7.29. The molecule has 0 saturated carbocycles. The molecular formula is C9H8N4O. The molecule has 70 valence electrons. The Morgan fingerprint density at radius 1 is 1.43 bits per heavy atom. The molecule has 2 aliphatic heterocycles. The van der Waals surface area contributed by atoms with Crippen LogP contribution in [0.2, 0.25) is 0 Å². The van der Waals surface area contributed by atoms with Crippen molar-refractivity contribution in [2.45, 2.75) is 0 Å². The van der Waals surface area contributed by atoms with E-state index in [1.54, 1.807) is 41.9 Å². The summed E-state index contributed by atoms with van der Waals surface area (Å²) in [7, 11) is 0. The summed E-state index contributed by atoms with van der Waals surface area (Å²) in [6.07, 6.45) is 10.0. The third-order valence-electron chi connectivity index (χ3n) is 1.75. The molecule has 0 fully saturated rings. The monoisotopic (exact) mass is 188 g/mol. The molecular weight excluding hydrogens is 180 g/mol.